The molecule has 1 N–H and O–H groups in total. The van der Waals surface area contributed by atoms with Crippen molar-refractivity contribution >= 4 is 17.5 Å². The highest BCUT2D eigenvalue weighted by Gasteiger charge is 2.23. The molecule has 1 heterocycles. The van der Waals surface area contributed by atoms with Crippen LogP contribution in [0, 0.1) is 0 Å². The first kappa shape index (κ1) is 16.1. The van der Waals surface area contributed by atoms with E-state index in [9.17, 15) is 9.59 Å². The zero-order chi connectivity index (χ0) is 16.8. The fourth-order valence-electron chi connectivity index (χ4n) is 2.77. The van der Waals surface area contributed by atoms with Crippen LogP contribution in [-0.2, 0) is 16.0 Å². The molecule has 0 aliphatic carbocycles. The molecule has 2 aromatic rings. The summed E-state index contributed by atoms with van der Waals surface area (Å²) in [6, 6.07) is 17.1. The van der Waals surface area contributed by atoms with E-state index >= 15 is 0 Å². The number of aryl methyl sites for hydroxylation is 1. The molecule has 0 saturated heterocycles. The molecule has 0 fully saturated rings. The van der Waals surface area contributed by atoms with Crippen molar-refractivity contribution in [3.05, 3.63) is 60.2 Å². The molecule has 0 spiro atoms. The van der Waals surface area contributed by atoms with E-state index in [1.807, 2.05) is 42.5 Å². The minimum atomic E-state index is -0.198. The van der Waals surface area contributed by atoms with Gasteiger partial charge in [-0.1, -0.05) is 36.4 Å². The summed E-state index contributed by atoms with van der Waals surface area (Å²) in [5.74, 6) is 0.563. The van der Waals surface area contributed by atoms with Crippen LogP contribution in [0.2, 0.25) is 0 Å². The number of rotatable bonds is 6. The van der Waals surface area contributed by atoms with Crippen LogP contribution in [0.5, 0.6) is 5.75 Å². The molecule has 0 aromatic heterocycles. The van der Waals surface area contributed by atoms with Crippen LogP contribution >= 0.6 is 0 Å². The number of nitrogens with zero attached hydrogens (tertiary/aromatic N) is 1. The van der Waals surface area contributed by atoms with E-state index in [1.165, 1.54) is 5.56 Å². The average Bonchev–Trinajstić information content (AvgIpc) is 2.63. The zero-order valence-electron chi connectivity index (χ0n) is 13.4. The summed E-state index contributed by atoms with van der Waals surface area (Å²) in [5, 5.41) is 2.79. The van der Waals surface area contributed by atoms with Crippen molar-refractivity contribution in [2.75, 3.05) is 24.6 Å². The van der Waals surface area contributed by atoms with Gasteiger partial charge in [-0.15, -0.1) is 0 Å². The maximum atomic E-state index is 12.1. The van der Waals surface area contributed by atoms with Gasteiger partial charge in [0, 0.05) is 25.2 Å². The number of amides is 2. The van der Waals surface area contributed by atoms with Crippen molar-refractivity contribution in [2.24, 2.45) is 0 Å². The summed E-state index contributed by atoms with van der Waals surface area (Å²) in [6.07, 6.45) is 1.30. The number of anilines is 1. The zero-order valence-corrected chi connectivity index (χ0v) is 13.4. The number of nitrogens with one attached hydrogen (secondary N) is 1. The second-order valence-corrected chi connectivity index (χ2v) is 5.63. The maximum Gasteiger partial charge on any atom is 0.258 e. The highest BCUT2D eigenvalue weighted by Crippen LogP contribution is 2.26. The number of hydrogen-bond acceptors (Lipinski definition) is 3. The minimum Gasteiger partial charge on any atom is -0.484 e. The fraction of sp³-hybridized carbons (Fsp3) is 0.263. The lowest BCUT2D eigenvalue weighted by Crippen LogP contribution is -2.42. The Bertz CT molecular complexity index is 716. The first-order valence-corrected chi connectivity index (χ1v) is 8.07. The van der Waals surface area contributed by atoms with Crippen molar-refractivity contribution < 1.29 is 14.3 Å². The van der Waals surface area contributed by atoms with Crippen molar-refractivity contribution in [2.45, 2.75) is 12.8 Å². The second kappa shape index (κ2) is 7.64. The molecule has 1 aliphatic heterocycles. The maximum absolute atomic E-state index is 12.1. The lowest BCUT2D eigenvalue weighted by atomic mass is 10.0. The predicted molar refractivity (Wildman–Crippen MR) is 92.1 cm³/mol. The van der Waals surface area contributed by atoms with Crippen LogP contribution < -0.4 is 15.0 Å². The molecule has 0 saturated carbocycles. The molecular weight excluding hydrogens is 304 g/mol. The van der Waals surface area contributed by atoms with Crippen molar-refractivity contribution in [3.8, 4) is 5.75 Å². The van der Waals surface area contributed by atoms with Crippen molar-refractivity contribution in [3.63, 3.8) is 0 Å². The third-order valence-electron chi connectivity index (χ3n) is 3.96. The lowest BCUT2D eigenvalue weighted by molar-refractivity contribution is -0.123. The number of ether oxygens (including phenoxy) is 1. The van der Waals surface area contributed by atoms with Crippen LogP contribution in [-0.4, -0.2) is 31.5 Å². The number of fused-ring (bicyclic) bond motifs is 1. The molecule has 5 nitrogen and oxygen atoms in total. The lowest BCUT2D eigenvalue weighted by Gasteiger charge is -2.29. The summed E-state index contributed by atoms with van der Waals surface area (Å²) >= 11 is 0. The predicted octanol–water partition coefficient (Wildman–Crippen LogP) is 2.16. The molecule has 1 aliphatic rings. The van der Waals surface area contributed by atoms with Crippen LogP contribution in [0.25, 0.3) is 0 Å². The minimum absolute atomic E-state index is 0.0332. The first-order valence-electron chi connectivity index (χ1n) is 8.07. The van der Waals surface area contributed by atoms with E-state index in [2.05, 4.69) is 5.32 Å². The first-order chi connectivity index (χ1) is 11.7. The molecule has 0 radical (unpaired) electrons. The Hall–Kier alpha value is -2.82. The van der Waals surface area contributed by atoms with E-state index in [0.29, 0.717) is 25.3 Å². The molecule has 0 unspecified atom stereocenters. The summed E-state index contributed by atoms with van der Waals surface area (Å²) in [5.41, 5.74) is 2.12. The summed E-state index contributed by atoms with van der Waals surface area (Å²) < 4.78 is 5.40. The van der Waals surface area contributed by atoms with Gasteiger partial charge in [0.2, 0.25) is 5.91 Å². The van der Waals surface area contributed by atoms with Gasteiger partial charge in [-0.2, -0.15) is 0 Å². The molecular formula is C19H20N2O3. The van der Waals surface area contributed by atoms with E-state index < -0.39 is 0 Å². The number of hydrogen-bond donors (Lipinski definition) is 1. The van der Waals surface area contributed by atoms with Gasteiger partial charge in [-0.25, -0.2) is 0 Å². The Kier molecular flexibility index (Phi) is 5.11. The molecule has 2 aromatic carbocycles. The Morgan fingerprint density at radius 3 is 2.62 bits per heavy atom. The SMILES string of the molecule is O=C(COc1ccccc1)NCCN1C(=O)CCc2ccccc21. The van der Waals surface area contributed by atoms with E-state index in [1.54, 1.807) is 17.0 Å². The summed E-state index contributed by atoms with van der Waals surface area (Å²) in [7, 11) is 0. The standard InChI is InChI=1S/C19H20N2O3/c22-18(14-24-16-7-2-1-3-8-16)20-12-13-21-17-9-5-4-6-15(17)10-11-19(21)23/h1-9H,10-14H2,(H,20,22). The van der Waals surface area contributed by atoms with Gasteiger partial charge < -0.3 is 15.0 Å². The van der Waals surface area contributed by atoms with Gasteiger partial charge in [0.1, 0.15) is 5.75 Å². The summed E-state index contributed by atoms with van der Waals surface area (Å²) in [4.78, 5) is 25.7. The molecule has 5 heteroatoms. The van der Waals surface area contributed by atoms with Crippen LogP contribution in [0.1, 0.15) is 12.0 Å². The molecule has 3 rings (SSSR count). The largest absolute Gasteiger partial charge is 0.484 e. The summed E-state index contributed by atoms with van der Waals surface area (Å²) in [6.45, 7) is 0.832. The highest BCUT2D eigenvalue weighted by atomic mass is 16.5. The number of carbonyl (C=O) groups excluding carboxylic acids is 2. The van der Waals surface area contributed by atoms with Gasteiger partial charge in [0.05, 0.1) is 0 Å². The number of benzene rings is 2. The van der Waals surface area contributed by atoms with Gasteiger partial charge in [0.15, 0.2) is 6.61 Å². The average molecular weight is 324 g/mol. The van der Waals surface area contributed by atoms with Gasteiger partial charge in [0.25, 0.3) is 5.91 Å². The third kappa shape index (κ3) is 3.93. The van der Waals surface area contributed by atoms with E-state index in [4.69, 9.17) is 4.74 Å². The van der Waals surface area contributed by atoms with Gasteiger partial charge in [-0.3, -0.25) is 9.59 Å². The molecule has 2 amide bonds. The molecule has 0 atom stereocenters. The van der Waals surface area contributed by atoms with Crippen LogP contribution in [0.15, 0.2) is 54.6 Å². The topological polar surface area (TPSA) is 58.6 Å². The Morgan fingerprint density at radius 1 is 1.04 bits per heavy atom. The quantitative estimate of drug-likeness (QED) is 0.886. The third-order valence-corrected chi connectivity index (χ3v) is 3.96. The Labute approximate surface area is 141 Å². The van der Waals surface area contributed by atoms with Crippen LogP contribution in [0.4, 0.5) is 5.69 Å². The molecule has 24 heavy (non-hydrogen) atoms. The molecule has 0 bridgehead atoms. The molecule has 124 valence electrons. The fourth-order valence-corrected chi connectivity index (χ4v) is 2.77. The van der Waals surface area contributed by atoms with Gasteiger partial charge >= 0.3 is 0 Å². The second-order valence-electron chi connectivity index (χ2n) is 5.63. The normalized spacial score (nSPS) is 13.3. The van der Waals surface area contributed by atoms with Gasteiger partial charge in [-0.05, 0) is 30.2 Å². The monoisotopic (exact) mass is 324 g/mol. The van der Waals surface area contributed by atoms with E-state index in [0.717, 1.165) is 12.1 Å². The van der Waals surface area contributed by atoms with E-state index in [-0.39, 0.29) is 18.4 Å². The van der Waals surface area contributed by atoms with Crippen LogP contribution in [0.3, 0.4) is 0 Å². The smallest absolute Gasteiger partial charge is 0.258 e. The van der Waals surface area contributed by atoms with Crippen molar-refractivity contribution in [1.82, 2.24) is 5.32 Å². The Balaban J connectivity index is 1.48. The van der Waals surface area contributed by atoms with Crippen molar-refractivity contribution in [1.29, 1.82) is 0 Å². The number of carbonyl (C=O) groups is 2. The highest BCUT2D eigenvalue weighted by molar-refractivity contribution is 5.96. The number of para-hydroxylation sites is 2. The Morgan fingerprint density at radius 2 is 1.79 bits per heavy atom.